The van der Waals surface area contributed by atoms with Crippen molar-refractivity contribution in [1.29, 1.82) is 0 Å². The highest BCUT2D eigenvalue weighted by molar-refractivity contribution is 7.09. The zero-order chi connectivity index (χ0) is 13.0. The van der Waals surface area contributed by atoms with Crippen LogP contribution in [0.3, 0.4) is 0 Å². The molecule has 0 fully saturated rings. The maximum Gasteiger partial charge on any atom is 0.138 e. The van der Waals surface area contributed by atoms with Gasteiger partial charge >= 0.3 is 0 Å². The van der Waals surface area contributed by atoms with Gasteiger partial charge in [-0.15, -0.1) is 11.3 Å². The molecule has 1 N–H and O–H groups in total. The van der Waals surface area contributed by atoms with Gasteiger partial charge in [0.25, 0.3) is 0 Å². The van der Waals surface area contributed by atoms with E-state index in [0.29, 0.717) is 6.04 Å². The first-order valence-electron chi connectivity index (χ1n) is 6.17. The number of hydrogen-bond acceptors (Lipinski definition) is 5. The molecule has 5 nitrogen and oxygen atoms in total. The minimum atomic E-state index is 0.352. The molecular weight excluding hydrogens is 246 g/mol. The molecule has 0 amide bonds. The molecule has 18 heavy (non-hydrogen) atoms. The van der Waals surface area contributed by atoms with Crippen molar-refractivity contribution in [1.82, 2.24) is 25.1 Å². The lowest BCUT2D eigenvalue weighted by molar-refractivity contribution is 0.512. The molecule has 0 aliphatic rings. The minimum Gasteiger partial charge on any atom is -0.316 e. The van der Waals surface area contributed by atoms with E-state index in [9.17, 15) is 0 Å². The second-order valence-electron chi connectivity index (χ2n) is 4.27. The van der Waals surface area contributed by atoms with Crippen LogP contribution in [0.25, 0.3) is 0 Å². The van der Waals surface area contributed by atoms with Crippen LogP contribution in [0, 0.1) is 6.92 Å². The number of aryl methyl sites for hydroxylation is 2. The predicted octanol–water partition coefficient (Wildman–Crippen LogP) is 1.44. The largest absolute Gasteiger partial charge is 0.316 e. The van der Waals surface area contributed by atoms with Crippen molar-refractivity contribution in [2.24, 2.45) is 0 Å². The molecule has 1 atom stereocenters. The molecule has 0 saturated carbocycles. The summed E-state index contributed by atoms with van der Waals surface area (Å²) in [6, 6.07) is 0.352. The summed E-state index contributed by atoms with van der Waals surface area (Å²) in [6.45, 7) is 4.97. The first-order chi connectivity index (χ1) is 8.72. The molecule has 0 aliphatic heterocycles. The van der Waals surface area contributed by atoms with Crippen LogP contribution < -0.4 is 5.32 Å². The third-order valence-corrected chi connectivity index (χ3v) is 3.91. The van der Waals surface area contributed by atoms with Gasteiger partial charge in [0, 0.05) is 36.5 Å². The minimum absolute atomic E-state index is 0.352. The zero-order valence-corrected chi connectivity index (χ0v) is 11.9. The lowest BCUT2D eigenvalue weighted by Crippen LogP contribution is -2.31. The van der Waals surface area contributed by atoms with Gasteiger partial charge in [0.05, 0.1) is 5.01 Å². The Labute approximate surface area is 111 Å². The van der Waals surface area contributed by atoms with Crippen molar-refractivity contribution in [3.8, 4) is 0 Å². The van der Waals surface area contributed by atoms with Crippen molar-refractivity contribution < 1.29 is 0 Å². The third kappa shape index (κ3) is 3.14. The number of aromatic nitrogens is 4. The molecule has 6 heteroatoms. The van der Waals surface area contributed by atoms with Crippen LogP contribution in [-0.4, -0.2) is 32.8 Å². The van der Waals surface area contributed by atoms with E-state index in [0.717, 1.165) is 30.9 Å². The van der Waals surface area contributed by atoms with Crippen LogP contribution >= 0.6 is 11.3 Å². The van der Waals surface area contributed by atoms with Crippen LogP contribution in [0.4, 0.5) is 0 Å². The van der Waals surface area contributed by atoms with Crippen molar-refractivity contribution in [2.75, 3.05) is 7.05 Å². The average molecular weight is 265 g/mol. The van der Waals surface area contributed by atoms with Gasteiger partial charge in [-0.3, -0.25) is 4.68 Å². The Kier molecular flexibility index (Phi) is 4.43. The first-order valence-corrected chi connectivity index (χ1v) is 7.05. The Hall–Kier alpha value is -1.27. The number of likely N-dealkylation sites (N-methyl/N-ethyl adjacent to an activating group) is 1. The summed E-state index contributed by atoms with van der Waals surface area (Å²) in [4.78, 5) is 8.82. The Morgan fingerprint density at radius 1 is 1.44 bits per heavy atom. The fraction of sp³-hybridized carbons (Fsp3) is 0.583. The lowest BCUT2D eigenvalue weighted by atomic mass is 10.1. The van der Waals surface area contributed by atoms with Crippen LogP contribution in [0.15, 0.2) is 11.7 Å². The number of nitrogens with zero attached hydrogens (tertiary/aromatic N) is 4. The maximum atomic E-state index is 4.51. The normalized spacial score (nSPS) is 12.8. The van der Waals surface area contributed by atoms with E-state index in [2.05, 4.69) is 32.7 Å². The molecular formula is C12H19N5S. The molecule has 2 rings (SSSR count). The second kappa shape index (κ2) is 6.06. The van der Waals surface area contributed by atoms with Gasteiger partial charge in [-0.2, -0.15) is 5.10 Å². The van der Waals surface area contributed by atoms with Gasteiger partial charge in [0.15, 0.2) is 0 Å². The zero-order valence-electron chi connectivity index (χ0n) is 11.1. The molecule has 1 unspecified atom stereocenters. The fourth-order valence-corrected chi connectivity index (χ4v) is 2.77. The summed E-state index contributed by atoms with van der Waals surface area (Å²) >= 11 is 1.72. The van der Waals surface area contributed by atoms with E-state index in [1.807, 2.05) is 18.7 Å². The molecule has 0 saturated heterocycles. The van der Waals surface area contributed by atoms with E-state index in [-0.39, 0.29) is 0 Å². The topological polar surface area (TPSA) is 55.6 Å². The summed E-state index contributed by atoms with van der Waals surface area (Å²) < 4.78 is 1.94. The van der Waals surface area contributed by atoms with Gasteiger partial charge in [-0.1, -0.05) is 0 Å². The molecule has 2 heterocycles. The van der Waals surface area contributed by atoms with Crippen LogP contribution in [0.1, 0.15) is 23.4 Å². The Morgan fingerprint density at radius 2 is 2.28 bits per heavy atom. The highest BCUT2D eigenvalue weighted by Gasteiger charge is 2.14. The Morgan fingerprint density at radius 3 is 2.89 bits per heavy atom. The lowest BCUT2D eigenvalue weighted by Gasteiger charge is -2.14. The van der Waals surface area contributed by atoms with Crippen LogP contribution in [0.2, 0.25) is 0 Å². The van der Waals surface area contributed by atoms with Crippen LogP contribution in [-0.2, 0) is 19.4 Å². The number of nitrogens with one attached hydrogen (secondary N) is 1. The summed E-state index contributed by atoms with van der Waals surface area (Å²) in [7, 11) is 1.98. The summed E-state index contributed by atoms with van der Waals surface area (Å²) in [5.41, 5.74) is 1.10. The van der Waals surface area contributed by atoms with E-state index in [4.69, 9.17) is 0 Å². The summed E-state index contributed by atoms with van der Waals surface area (Å²) in [5.74, 6) is 1.03. The fourth-order valence-electron chi connectivity index (χ4n) is 1.91. The number of thiazole rings is 1. The second-order valence-corrected chi connectivity index (χ2v) is 5.21. The van der Waals surface area contributed by atoms with Gasteiger partial charge in [0.2, 0.25) is 0 Å². The molecule has 2 aromatic heterocycles. The number of hydrogen-bond donors (Lipinski definition) is 1. The molecule has 98 valence electrons. The van der Waals surface area contributed by atoms with Crippen molar-refractivity contribution >= 4 is 11.3 Å². The van der Waals surface area contributed by atoms with Gasteiger partial charge in [-0.05, 0) is 20.9 Å². The van der Waals surface area contributed by atoms with Crippen molar-refractivity contribution in [3.05, 3.63) is 28.2 Å². The SMILES string of the molecule is CCn1ncnc1CC(Cc1nc(C)cs1)NC. The standard InChI is InChI=1S/C12H19N5S/c1-4-17-11(14-8-15-17)5-10(13-3)6-12-16-9(2)7-18-12/h7-8,10,13H,4-6H2,1-3H3. The highest BCUT2D eigenvalue weighted by Crippen LogP contribution is 2.12. The van der Waals surface area contributed by atoms with Gasteiger partial charge in [0.1, 0.15) is 12.2 Å². The Bertz CT molecular complexity index is 490. The van der Waals surface area contributed by atoms with E-state index >= 15 is 0 Å². The van der Waals surface area contributed by atoms with Gasteiger partial charge < -0.3 is 5.32 Å². The first kappa shape index (κ1) is 13.2. The molecule has 0 spiro atoms. The summed E-state index contributed by atoms with van der Waals surface area (Å²) in [5, 5.41) is 10.8. The van der Waals surface area contributed by atoms with E-state index in [1.165, 1.54) is 5.01 Å². The molecule has 0 aliphatic carbocycles. The smallest absolute Gasteiger partial charge is 0.138 e. The molecule has 0 radical (unpaired) electrons. The van der Waals surface area contributed by atoms with E-state index < -0.39 is 0 Å². The van der Waals surface area contributed by atoms with E-state index in [1.54, 1.807) is 17.7 Å². The summed E-state index contributed by atoms with van der Waals surface area (Å²) in [6.07, 6.45) is 3.44. The van der Waals surface area contributed by atoms with Gasteiger partial charge in [-0.25, -0.2) is 9.97 Å². The quantitative estimate of drug-likeness (QED) is 0.858. The maximum absolute atomic E-state index is 4.51. The predicted molar refractivity (Wildman–Crippen MR) is 72.8 cm³/mol. The van der Waals surface area contributed by atoms with Crippen molar-refractivity contribution in [2.45, 2.75) is 39.3 Å². The van der Waals surface area contributed by atoms with Crippen LogP contribution in [0.5, 0.6) is 0 Å². The third-order valence-electron chi connectivity index (χ3n) is 2.92. The highest BCUT2D eigenvalue weighted by atomic mass is 32.1. The monoisotopic (exact) mass is 265 g/mol. The molecule has 2 aromatic rings. The molecule has 0 aromatic carbocycles. The number of rotatable bonds is 6. The molecule has 0 bridgehead atoms. The van der Waals surface area contributed by atoms with Crippen molar-refractivity contribution in [3.63, 3.8) is 0 Å². The Balaban J connectivity index is 2.01. The average Bonchev–Trinajstić information content (AvgIpc) is 2.97.